The van der Waals surface area contributed by atoms with E-state index in [4.69, 9.17) is 5.73 Å². The maximum Gasteiger partial charge on any atom is 0.227 e. The lowest BCUT2D eigenvalue weighted by Crippen LogP contribution is -2.48. The van der Waals surface area contributed by atoms with Crippen LogP contribution in [0, 0.1) is 5.92 Å². The molecule has 0 aromatic rings. The largest absolute Gasteiger partial charge is 0.370 e. The molecular weight excluding hydrogens is 268 g/mol. The van der Waals surface area contributed by atoms with E-state index >= 15 is 0 Å². The Kier molecular flexibility index (Phi) is 4.13. The number of nitrogens with zero attached hydrogens (tertiary/aromatic N) is 1. The summed E-state index contributed by atoms with van der Waals surface area (Å²) in [5.74, 6) is -0.919. The molecule has 2 aliphatic rings. The third kappa shape index (κ3) is 3.46. The number of hydrogen-bond acceptors (Lipinski definition) is 4. The molecule has 0 bridgehead atoms. The minimum atomic E-state index is -3.06. The van der Waals surface area contributed by atoms with Gasteiger partial charge in [0.1, 0.15) is 0 Å². The minimum absolute atomic E-state index is 0.0500. The number of rotatable bonds is 3. The van der Waals surface area contributed by atoms with Crippen LogP contribution < -0.4 is 5.73 Å². The number of carbonyl (C=O) groups is 2. The minimum Gasteiger partial charge on any atom is -0.370 e. The third-order valence-electron chi connectivity index (χ3n) is 3.93. The van der Waals surface area contributed by atoms with Gasteiger partial charge in [0.05, 0.1) is 17.4 Å². The lowest BCUT2D eigenvalue weighted by atomic mass is 9.96. The average molecular weight is 288 g/mol. The molecule has 108 valence electrons. The fraction of sp³-hybridized carbons (Fsp3) is 0.833. The topological polar surface area (TPSA) is 97.5 Å². The third-order valence-corrected chi connectivity index (χ3v) is 5.70. The lowest BCUT2D eigenvalue weighted by Gasteiger charge is -2.36. The summed E-state index contributed by atoms with van der Waals surface area (Å²) in [5, 5.41) is 0. The first kappa shape index (κ1) is 14.3. The van der Waals surface area contributed by atoms with Crippen LogP contribution in [0.5, 0.6) is 0 Å². The highest BCUT2D eigenvalue weighted by molar-refractivity contribution is 7.91. The summed E-state index contributed by atoms with van der Waals surface area (Å²) in [7, 11) is -3.06. The molecule has 2 aliphatic heterocycles. The molecule has 2 N–H and O–H groups in total. The van der Waals surface area contributed by atoms with Crippen LogP contribution in [0.3, 0.4) is 0 Å². The Bertz CT molecular complexity index is 474. The molecule has 0 aliphatic carbocycles. The SMILES string of the molecule is NC(=O)C[C@H]1CCCCN1C(=O)[C@@H]1CCS(=O)(=O)C1. The number of primary amides is 1. The van der Waals surface area contributed by atoms with Crippen LogP contribution in [-0.2, 0) is 19.4 Å². The van der Waals surface area contributed by atoms with Crippen molar-refractivity contribution in [3.05, 3.63) is 0 Å². The second-order valence-corrected chi connectivity index (χ2v) is 7.68. The molecule has 19 heavy (non-hydrogen) atoms. The molecule has 2 heterocycles. The van der Waals surface area contributed by atoms with Crippen molar-refractivity contribution in [1.82, 2.24) is 4.90 Å². The van der Waals surface area contributed by atoms with E-state index in [1.165, 1.54) is 0 Å². The van der Waals surface area contributed by atoms with Crippen molar-refractivity contribution in [2.75, 3.05) is 18.1 Å². The van der Waals surface area contributed by atoms with Gasteiger partial charge in [-0.25, -0.2) is 8.42 Å². The zero-order valence-electron chi connectivity index (χ0n) is 10.9. The fourth-order valence-electron chi connectivity index (χ4n) is 2.96. The van der Waals surface area contributed by atoms with Crippen molar-refractivity contribution < 1.29 is 18.0 Å². The molecule has 0 radical (unpaired) electrons. The molecule has 0 spiro atoms. The van der Waals surface area contributed by atoms with Crippen LogP contribution in [0.25, 0.3) is 0 Å². The van der Waals surface area contributed by atoms with Crippen LogP contribution in [0.4, 0.5) is 0 Å². The molecule has 2 atom stereocenters. The standard InChI is InChI=1S/C12H20N2O4S/c13-11(15)7-10-3-1-2-5-14(10)12(16)9-4-6-19(17,18)8-9/h9-10H,1-8H2,(H2,13,15)/t9-,10-/m1/s1. The van der Waals surface area contributed by atoms with E-state index in [9.17, 15) is 18.0 Å². The van der Waals surface area contributed by atoms with E-state index in [2.05, 4.69) is 0 Å². The highest BCUT2D eigenvalue weighted by Gasteiger charge is 2.38. The Morgan fingerprint density at radius 3 is 2.53 bits per heavy atom. The first-order valence-corrected chi connectivity index (χ1v) is 8.50. The smallest absolute Gasteiger partial charge is 0.227 e. The van der Waals surface area contributed by atoms with Gasteiger partial charge in [-0.15, -0.1) is 0 Å². The van der Waals surface area contributed by atoms with Crippen molar-refractivity contribution in [3.8, 4) is 0 Å². The van der Waals surface area contributed by atoms with Crippen LogP contribution in [0.15, 0.2) is 0 Å². The number of amides is 2. The summed E-state index contributed by atoms with van der Waals surface area (Å²) in [5.41, 5.74) is 5.21. The van der Waals surface area contributed by atoms with E-state index in [-0.39, 0.29) is 29.9 Å². The highest BCUT2D eigenvalue weighted by atomic mass is 32.2. The molecule has 2 fully saturated rings. The molecule has 2 amide bonds. The lowest BCUT2D eigenvalue weighted by molar-refractivity contribution is -0.139. The maximum absolute atomic E-state index is 12.4. The van der Waals surface area contributed by atoms with Crippen molar-refractivity contribution in [3.63, 3.8) is 0 Å². The van der Waals surface area contributed by atoms with E-state index in [1.807, 2.05) is 0 Å². The monoisotopic (exact) mass is 288 g/mol. The molecule has 0 unspecified atom stereocenters. The number of hydrogen-bond donors (Lipinski definition) is 1. The fourth-order valence-corrected chi connectivity index (χ4v) is 4.69. The van der Waals surface area contributed by atoms with Gasteiger partial charge < -0.3 is 10.6 Å². The number of nitrogens with two attached hydrogens (primary N) is 1. The van der Waals surface area contributed by atoms with Crippen LogP contribution in [-0.4, -0.2) is 49.2 Å². The van der Waals surface area contributed by atoms with Gasteiger partial charge in [0.25, 0.3) is 0 Å². The van der Waals surface area contributed by atoms with Gasteiger partial charge in [0.15, 0.2) is 9.84 Å². The quantitative estimate of drug-likeness (QED) is 0.769. The van der Waals surface area contributed by atoms with Crippen molar-refractivity contribution in [2.24, 2.45) is 11.7 Å². The second-order valence-electron chi connectivity index (χ2n) is 5.45. The maximum atomic E-state index is 12.4. The van der Waals surface area contributed by atoms with Gasteiger partial charge in [-0.05, 0) is 25.7 Å². The first-order valence-electron chi connectivity index (χ1n) is 6.68. The molecule has 0 aromatic heterocycles. The number of carbonyl (C=O) groups excluding carboxylic acids is 2. The van der Waals surface area contributed by atoms with Crippen LogP contribution in [0.1, 0.15) is 32.1 Å². The van der Waals surface area contributed by atoms with Crippen molar-refractivity contribution in [1.29, 1.82) is 0 Å². The predicted octanol–water partition coefficient (Wildman–Crippen LogP) is -0.322. The molecule has 2 rings (SSSR count). The molecule has 2 saturated heterocycles. The second kappa shape index (κ2) is 5.48. The summed E-state index contributed by atoms with van der Waals surface area (Å²) >= 11 is 0. The Hall–Kier alpha value is -1.11. The first-order chi connectivity index (χ1) is 8.89. The van der Waals surface area contributed by atoms with Gasteiger partial charge in [-0.3, -0.25) is 9.59 Å². The summed E-state index contributed by atoms with van der Waals surface area (Å²) in [6, 6.07) is -0.151. The summed E-state index contributed by atoms with van der Waals surface area (Å²) in [6.45, 7) is 0.604. The predicted molar refractivity (Wildman–Crippen MR) is 69.9 cm³/mol. The van der Waals surface area contributed by atoms with Gasteiger partial charge in [-0.1, -0.05) is 0 Å². The summed E-state index contributed by atoms with van der Waals surface area (Å²) in [4.78, 5) is 25.1. The molecular formula is C12H20N2O4S. The molecule has 0 saturated carbocycles. The zero-order chi connectivity index (χ0) is 14.0. The van der Waals surface area contributed by atoms with Crippen molar-refractivity contribution >= 4 is 21.7 Å². The van der Waals surface area contributed by atoms with E-state index < -0.39 is 21.7 Å². The summed E-state index contributed by atoms with van der Waals surface area (Å²) in [6.07, 6.45) is 3.23. The van der Waals surface area contributed by atoms with Gasteiger partial charge in [-0.2, -0.15) is 0 Å². The average Bonchev–Trinajstić information content (AvgIpc) is 2.69. The van der Waals surface area contributed by atoms with Gasteiger partial charge in [0, 0.05) is 19.0 Å². The van der Waals surface area contributed by atoms with Crippen molar-refractivity contribution in [2.45, 2.75) is 38.1 Å². The molecule has 0 aromatic carbocycles. The normalized spacial score (nSPS) is 30.2. The van der Waals surface area contributed by atoms with E-state index in [0.717, 1.165) is 19.3 Å². The van der Waals surface area contributed by atoms with E-state index in [1.54, 1.807) is 4.90 Å². The van der Waals surface area contributed by atoms with Crippen LogP contribution >= 0.6 is 0 Å². The van der Waals surface area contributed by atoms with Gasteiger partial charge >= 0.3 is 0 Å². The zero-order valence-corrected chi connectivity index (χ0v) is 11.7. The van der Waals surface area contributed by atoms with Gasteiger partial charge in [0.2, 0.25) is 11.8 Å². The summed E-state index contributed by atoms with van der Waals surface area (Å²) < 4.78 is 22.9. The highest BCUT2D eigenvalue weighted by Crippen LogP contribution is 2.26. The Morgan fingerprint density at radius 1 is 1.21 bits per heavy atom. The Balaban J connectivity index is 2.05. The Labute approximate surface area is 113 Å². The molecule has 7 heteroatoms. The number of piperidine rings is 1. The Morgan fingerprint density at radius 2 is 1.95 bits per heavy atom. The van der Waals surface area contributed by atoms with E-state index in [0.29, 0.717) is 13.0 Å². The number of sulfone groups is 1. The van der Waals surface area contributed by atoms with Crippen LogP contribution in [0.2, 0.25) is 0 Å². The molecule has 6 nitrogen and oxygen atoms in total. The number of likely N-dealkylation sites (tertiary alicyclic amines) is 1.